The number of carbonyl (C=O) groups excluding carboxylic acids is 2. The third-order valence-electron chi connectivity index (χ3n) is 5.24. The van der Waals surface area contributed by atoms with Gasteiger partial charge < -0.3 is 18.8 Å². The van der Waals surface area contributed by atoms with Crippen molar-refractivity contribution in [2.75, 3.05) is 13.4 Å². The van der Waals surface area contributed by atoms with Gasteiger partial charge >= 0.3 is 5.97 Å². The molecule has 4 rings (SSSR count). The van der Waals surface area contributed by atoms with Crippen molar-refractivity contribution in [2.45, 2.75) is 20.4 Å². The van der Waals surface area contributed by atoms with Gasteiger partial charge in [-0.15, -0.1) is 0 Å². The van der Waals surface area contributed by atoms with Crippen molar-refractivity contribution in [2.24, 2.45) is 0 Å². The zero-order valence-electron chi connectivity index (χ0n) is 17.2. The first-order valence-corrected chi connectivity index (χ1v) is 9.72. The average molecular weight is 416 g/mol. The molecule has 1 aliphatic rings. The van der Waals surface area contributed by atoms with Gasteiger partial charge in [-0.2, -0.15) is 5.26 Å². The van der Waals surface area contributed by atoms with Gasteiger partial charge in [0.25, 0.3) is 0 Å². The summed E-state index contributed by atoms with van der Waals surface area (Å²) in [7, 11) is 0. The van der Waals surface area contributed by atoms with Gasteiger partial charge in [0.1, 0.15) is 0 Å². The summed E-state index contributed by atoms with van der Waals surface area (Å²) in [6.07, 6.45) is 0. The Hall–Kier alpha value is -4.05. The van der Waals surface area contributed by atoms with E-state index in [2.05, 4.69) is 0 Å². The van der Waals surface area contributed by atoms with E-state index >= 15 is 0 Å². The van der Waals surface area contributed by atoms with Crippen molar-refractivity contribution >= 4 is 11.8 Å². The van der Waals surface area contributed by atoms with Gasteiger partial charge in [-0.05, 0) is 61.9 Å². The summed E-state index contributed by atoms with van der Waals surface area (Å²) < 4.78 is 18.0. The Morgan fingerprint density at radius 1 is 1.06 bits per heavy atom. The van der Waals surface area contributed by atoms with Crippen LogP contribution in [0.3, 0.4) is 0 Å². The number of rotatable bonds is 6. The summed E-state index contributed by atoms with van der Waals surface area (Å²) in [4.78, 5) is 24.9. The molecule has 0 bridgehead atoms. The van der Waals surface area contributed by atoms with Crippen LogP contribution in [-0.4, -0.2) is 29.7 Å². The van der Waals surface area contributed by atoms with Crippen molar-refractivity contribution < 1.29 is 23.8 Å². The zero-order chi connectivity index (χ0) is 22.0. The smallest absolute Gasteiger partial charge is 0.338 e. The van der Waals surface area contributed by atoms with Gasteiger partial charge in [0, 0.05) is 23.5 Å². The summed E-state index contributed by atoms with van der Waals surface area (Å²) in [6.45, 7) is 4.25. The Morgan fingerprint density at radius 2 is 1.81 bits per heavy atom. The molecule has 2 heterocycles. The first kappa shape index (κ1) is 20.2. The predicted octanol–water partition coefficient (Wildman–Crippen LogP) is 3.79. The van der Waals surface area contributed by atoms with Gasteiger partial charge in [0.2, 0.25) is 12.6 Å². The number of ether oxygens (including phenoxy) is 3. The fourth-order valence-electron chi connectivity index (χ4n) is 3.52. The number of hydrogen-bond donors (Lipinski definition) is 0. The van der Waals surface area contributed by atoms with Crippen LogP contribution in [0, 0.1) is 25.2 Å². The van der Waals surface area contributed by atoms with Gasteiger partial charge in [0.05, 0.1) is 17.2 Å². The minimum absolute atomic E-state index is 0.222. The van der Waals surface area contributed by atoms with Gasteiger partial charge in [-0.1, -0.05) is 6.07 Å². The molecule has 0 saturated heterocycles. The molecular weight excluding hydrogens is 396 g/mol. The normalized spacial score (nSPS) is 11.8. The molecular formula is C24H20N2O5. The highest BCUT2D eigenvalue weighted by atomic mass is 16.7. The second-order valence-electron chi connectivity index (χ2n) is 7.25. The number of benzene rings is 2. The zero-order valence-corrected chi connectivity index (χ0v) is 17.2. The SMILES string of the molecule is Cc1cc(C(=O)COC(=O)c2ccc(C#N)cc2)c(C)n1Cc1ccc2c(c1)OCO2. The van der Waals surface area contributed by atoms with E-state index in [9.17, 15) is 9.59 Å². The average Bonchev–Trinajstić information content (AvgIpc) is 3.36. The van der Waals surface area contributed by atoms with E-state index < -0.39 is 5.97 Å². The molecule has 0 saturated carbocycles. The summed E-state index contributed by atoms with van der Waals surface area (Å²) in [5.41, 5.74) is 4.01. The highest BCUT2D eigenvalue weighted by molar-refractivity contribution is 6.00. The summed E-state index contributed by atoms with van der Waals surface area (Å²) in [5.74, 6) is 0.565. The van der Waals surface area contributed by atoms with Crippen molar-refractivity contribution in [1.29, 1.82) is 5.26 Å². The molecule has 7 nitrogen and oxygen atoms in total. The van der Waals surface area contributed by atoms with Crippen LogP contribution in [0.25, 0.3) is 0 Å². The first-order valence-electron chi connectivity index (χ1n) is 9.72. The maximum Gasteiger partial charge on any atom is 0.338 e. The number of aryl methyl sites for hydroxylation is 1. The Bertz CT molecular complexity index is 1200. The highest BCUT2D eigenvalue weighted by Gasteiger charge is 2.19. The standard InChI is InChI=1S/C24H20N2O5/c1-15-9-20(21(27)13-29-24(28)19-6-3-17(11-25)4-7-19)16(2)26(15)12-18-5-8-22-23(10-18)31-14-30-22/h3-10H,12-14H2,1-2H3. The van der Waals surface area contributed by atoms with Crippen molar-refractivity contribution in [1.82, 2.24) is 4.57 Å². The molecule has 0 atom stereocenters. The monoisotopic (exact) mass is 416 g/mol. The lowest BCUT2D eigenvalue weighted by Crippen LogP contribution is -2.15. The third kappa shape index (κ3) is 4.14. The van der Waals surface area contributed by atoms with E-state index in [0.717, 1.165) is 22.7 Å². The Kier molecular flexibility index (Phi) is 5.46. The number of ketones is 1. The van der Waals surface area contributed by atoms with Crippen molar-refractivity contribution in [3.8, 4) is 17.6 Å². The molecule has 2 aromatic carbocycles. The topological polar surface area (TPSA) is 90.6 Å². The van der Waals surface area contributed by atoms with Crippen LogP contribution in [0.15, 0.2) is 48.5 Å². The number of fused-ring (bicyclic) bond motifs is 1. The van der Waals surface area contributed by atoms with E-state index in [1.807, 2.05) is 42.7 Å². The number of esters is 1. The Labute approximate surface area is 179 Å². The number of carbonyl (C=O) groups is 2. The minimum atomic E-state index is -0.605. The summed E-state index contributed by atoms with van der Waals surface area (Å²) in [6, 6.07) is 15.6. The molecule has 0 unspecified atom stereocenters. The molecule has 0 N–H and O–H groups in total. The molecule has 0 fully saturated rings. The summed E-state index contributed by atoms with van der Waals surface area (Å²) >= 11 is 0. The van der Waals surface area contributed by atoms with E-state index in [4.69, 9.17) is 19.5 Å². The molecule has 0 radical (unpaired) electrons. The van der Waals surface area contributed by atoms with Crippen LogP contribution in [0.5, 0.6) is 11.5 Å². The number of Topliss-reactive ketones (excluding diaryl/α,β-unsaturated/α-hetero) is 1. The van der Waals surface area contributed by atoms with E-state index in [-0.39, 0.29) is 19.2 Å². The van der Waals surface area contributed by atoms with E-state index in [0.29, 0.717) is 29.0 Å². The number of nitrogens with zero attached hydrogens (tertiary/aromatic N) is 2. The highest BCUT2D eigenvalue weighted by Crippen LogP contribution is 2.33. The molecule has 0 spiro atoms. The second-order valence-corrected chi connectivity index (χ2v) is 7.25. The van der Waals surface area contributed by atoms with Gasteiger partial charge in [-0.25, -0.2) is 4.79 Å². The predicted molar refractivity (Wildman–Crippen MR) is 111 cm³/mol. The number of hydrogen-bond acceptors (Lipinski definition) is 6. The fraction of sp³-hybridized carbons (Fsp3) is 0.208. The van der Waals surface area contributed by atoms with Crippen LogP contribution in [-0.2, 0) is 11.3 Å². The minimum Gasteiger partial charge on any atom is -0.454 e. The molecule has 3 aromatic rings. The molecule has 7 heteroatoms. The largest absolute Gasteiger partial charge is 0.454 e. The molecule has 31 heavy (non-hydrogen) atoms. The van der Waals surface area contributed by atoms with Crippen molar-refractivity contribution in [3.63, 3.8) is 0 Å². The quantitative estimate of drug-likeness (QED) is 0.449. The molecule has 0 aliphatic carbocycles. The molecule has 0 amide bonds. The van der Waals surface area contributed by atoms with Crippen LogP contribution >= 0.6 is 0 Å². The fourth-order valence-corrected chi connectivity index (χ4v) is 3.52. The molecule has 1 aliphatic heterocycles. The third-order valence-corrected chi connectivity index (χ3v) is 5.24. The Morgan fingerprint density at radius 3 is 2.55 bits per heavy atom. The van der Waals surface area contributed by atoms with Crippen LogP contribution in [0.1, 0.15) is 43.2 Å². The number of nitriles is 1. The Balaban J connectivity index is 1.44. The molecule has 1 aromatic heterocycles. The lowest BCUT2D eigenvalue weighted by Gasteiger charge is -2.11. The second kappa shape index (κ2) is 8.36. The van der Waals surface area contributed by atoms with Crippen molar-refractivity contribution in [3.05, 3.63) is 82.2 Å². The lowest BCUT2D eigenvalue weighted by atomic mass is 10.1. The maximum atomic E-state index is 12.7. The number of aromatic nitrogens is 1. The lowest BCUT2D eigenvalue weighted by molar-refractivity contribution is 0.0474. The van der Waals surface area contributed by atoms with E-state index in [1.54, 1.807) is 6.07 Å². The van der Waals surface area contributed by atoms with Gasteiger partial charge in [-0.3, -0.25) is 4.79 Å². The first-order chi connectivity index (χ1) is 15.0. The van der Waals surface area contributed by atoms with Crippen LogP contribution < -0.4 is 9.47 Å². The molecule has 156 valence electrons. The maximum absolute atomic E-state index is 12.7. The van der Waals surface area contributed by atoms with Crippen LogP contribution in [0.4, 0.5) is 0 Å². The van der Waals surface area contributed by atoms with E-state index in [1.165, 1.54) is 24.3 Å². The van der Waals surface area contributed by atoms with Crippen LogP contribution in [0.2, 0.25) is 0 Å². The van der Waals surface area contributed by atoms with Gasteiger partial charge in [0.15, 0.2) is 18.1 Å². The summed E-state index contributed by atoms with van der Waals surface area (Å²) in [5, 5.41) is 8.83.